The van der Waals surface area contributed by atoms with Crippen molar-refractivity contribution in [3.8, 4) is 0 Å². The topological polar surface area (TPSA) is 83.8 Å². The van der Waals surface area contributed by atoms with Gasteiger partial charge in [0.15, 0.2) is 12.8 Å². The molecule has 0 spiro atoms. The van der Waals surface area contributed by atoms with Crippen molar-refractivity contribution < 1.29 is 23.6 Å². The molecule has 2 aromatic rings. The SMILES string of the molecule is CC.COC(=O)c1cc(C)c(NC(CN2CC=[N+](C(=O)OC(C)(C)C)CC2)c2ccc(C3CC3)cn2)cc1C. The number of carbonyl (C=O) groups is 2. The molecule has 4 rings (SSSR count). The number of rotatable bonds is 7. The number of aromatic nitrogens is 1. The minimum atomic E-state index is -0.519. The Morgan fingerprint density at radius 1 is 1.15 bits per heavy atom. The molecule has 2 aliphatic rings. The second-order valence-electron chi connectivity index (χ2n) is 11.1. The van der Waals surface area contributed by atoms with E-state index >= 15 is 0 Å². The summed E-state index contributed by atoms with van der Waals surface area (Å²) < 4.78 is 12.1. The van der Waals surface area contributed by atoms with Gasteiger partial charge in [0.25, 0.3) is 0 Å². The van der Waals surface area contributed by atoms with Crippen LogP contribution in [0.2, 0.25) is 0 Å². The van der Waals surface area contributed by atoms with Gasteiger partial charge in [-0.2, -0.15) is 4.79 Å². The van der Waals surface area contributed by atoms with Crippen molar-refractivity contribution in [2.45, 2.75) is 78.9 Å². The number of pyridine rings is 1. The fraction of sp³-hybridized carbons (Fsp3) is 0.548. The Kier molecular flexibility index (Phi) is 10.2. The van der Waals surface area contributed by atoms with E-state index in [0.29, 0.717) is 31.1 Å². The molecule has 0 radical (unpaired) electrons. The van der Waals surface area contributed by atoms with E-state index in [9.17, 15) is 9.59 Å². The van der Waals surface area contributed by atoms with Gasteiger partial charge < -0.3 is 14.8 Å². The summed E-state index contributed by atoms with van der Waals surface area (Å²) in [6.45, 7) is 16.2. The van der Waals surface area contributed by atoms with Gasteiger partial charge >= 0.3 is 12.1 Å². The van der Waals surface area contributed by atoms with Crippen molar-refractivity contribution >= 4 is 24.0 Å². The number of benzene rings is 1. The molecule has 8 heteroatoms. The fourth-order valence-corrected chi connectivity index (χ4v) is 4.54. The third kappa shape index (κ3) is 8.36. The quantitative estimate of drug-likeness (QED) is 0.349. The highest BCUT2D eigenvalue weighted by Crippen LogP contribution is 2.39. The molecule has 1 aliphatic heterocycles. The number of methoxy groups -OCH3 is 1. The summed E-state index contributed by atoms with van der Waals surface area (Å²) in [5.74, 6) is 0.318. The number of anilines is 1. The van der Waals surface area contributed by atoms with Crippen molar-refractivity contribution in [1.82, 2.24) is 9.88 Å². The van der Waals surface area contributed by atoms with Gasteiger partial charge in [0.1, 0.15) is 5.60 Å². The number of amides is 1. The lowest BCUT2D eigenvalue weighted by Gasteiger charge is -2.29. The maximum atomic E-state index is 12.5. The maximum Gasteiger partial charge on any atom is 0.596 e. The zero-order valence-electron chi connectivity index (χ0n) is 24.8. The van der Waals surface area contributed by atoms with Crippen LogP contribution in [0.5, 0.6) is 0 Å². The number of nitrogens with zero attached hydrogens (tertiary/aromatic N) is 3. The van der Waals surface area contributed by atoms with Gasteiger partial charge in [0.2, 0.25) is 0 Å². The van der Waals surface area contributed by atoms with Gasteiger partial charge in [0, 0.05) is 18.4 Å². The summed E-state index contributed by atoms with van der Waals surface area (Å²) in [5, 5.41) is 3.69. The Morgan fingerprint density at radius 2 is 1.87 bits per heavy atom. The van der Waals surface area contributed by atoms with E-state index in [1.807, 2.05) is 73.0 Å². The summed E-state index contributed by atoms with van der Waals surface area (Å²) in [7, 11) is 1.40. The molecule has 8 nitrogen and oxygen atoms in total. The zero-order valence-corrected chi connectivity index (χ0v) is 24.8. The predicted molar refractivity (Wildman–Crippen MR) is 155 cm³/mol. The van der Waals surface area contributed by atoms with E-state index in [1.54, 1.807) is 4.58 Å². The van der Waals surface area contributed by atoms with E-state index in [-0.39, 0.29) is 18.1 Å². The molecule has 212 valence electrons. The Labute approximate surface area is 233 Å². The zero-order chi connectivity index (χ0) is 28.7. The molecular weight excluding hydrogens is 492 g/mol. The molecule has 1 saturated carbocycles. The number of aryl methyl sites for hydroxylation is 2. The van der Waals surface area contributed by atoms with Crippen molar-refractivity contribution in [2.75, 3.05) is 38.6 Å². The van der Waals surface area contributed by atoms with Crippen LogP contribution in [0.3, 0.4) is 0 Å². The third-order valence-corrected chi connectivity index (χ3v) is 6.81. The highest BCUT2D eigenvalue weighted by Gasteiger charge is 2.31. The van der Waals surface area contributed by atoms with Crippen molar-refractivity contribution in [3.63, 3.8) is 0 Å². The van der Waals surface area contributed by atoms with Crippen molar-refractivity contribution in [2.24, 2.45) is 0 Å². The van der Waals surface area contributed by atoms with Crippen LogP contribution in [0.25, 0.3) is 0 Å². The van der Waals surface area contributed by atoms with Gasteiger partial charge in [-0.05, 0) is 88.3 Å². The average molecular weight is 538 g/mol. The first-order valence-corrected chi connectivity index (χ1v) is 14.0. The molecular formula is C31H45N4O4+. The molecule has 1 aromatic heterocycles. The summed E-state index contributed by atoms with van der Waals surface area (Å²) >= 11 is 0. The third-order valence-electron chi connectivity index (χ3n) is 6.81. The molecule has 0 bridgehead atoms. The first kappa shape index (κ1) is 30.3. The molecule has 39 heavy (non-hydrogen) atoms. The smallest absolute Gasteiger partial charge is 0.465 e. The maximum absolute atomic E-state index is 12.5. The first-order valence-electron chi connectivity index (χ1n) is 14.0. The molecule has 1 amide bonds. The monoisotopic (exact) mass is 537 g/mol. The lowest BCUT2D eigenvalue weighted by Crippen LogP contribution is -2.45. The average Bonchev–Trinajstić information content (AvgIpc) is 3.76. The highest BCUT2D eigenvalue weighted by atomic mass is 16.6. The lowest BCUT2D eigenvalue weighted by molar-refractivity contribution is -0.453. The van der Waals surface area contributed by atoms with Crippen LogP contribution in [0.1, 0.15) is 92.2 Å². The number of hydrogen-bond donors (Lipinski definition) is 1. The van der Waals surface area contributed by atoms with Crippen LogP contribution >= 0.6 is 0 Å². The molecule has 1 atom stereocenters. The van der Waals surface area contributed by atoms with Crippen LogP contribution in [0.4, 0.5) is 10.5 Å². The molecule has 2 heterocycles. The number of nitrogens with one attached hydrogen (secondary N) is 1. The number of hydrogen-bond acceptors (Lipinski definition) is 7. The minimum absolute atomic E-state index is 0.0724. The summed E-state index contributed by atoms with van der Waals surface area (Å²) in [6, 6.07) is 8.12. The van der Waals surface area contributed by atoms with Gasteiger partial charge in [-0.25, -0.2) is 4.79 Å². The minimum Gasteiger partial charge on any atom is -0.465 e. The van der Waals surface area contributed by atoms with Gasteiger partial charge in [-0.1, -0.05) is 19.9 Å². The molecule has 1 N–H and O–H groups in total. The lowest BCUT2D eigenvalue weighted by atomic mass is 10.0. The van der Waals surface area contributed by atoms with Crippen LogP contribution < -0.4 is 5.32 Å². The van der Waals surface area contributed by atoms with E-state index in [2.05, 4.69) is 22.3 Å². The van der Waals surface area contributed by atoms with Gasteiger partial charge in [-0.3, -0.25) is 9.88 Å². The number of ether oxygens (including phenoxy) is 2. The number of esters is 1. The molecule has 1 aliphatic carbocycles. The Balaban J connectivity index is 0.00000205. The normalized spacial score (nSPS) is 16.4. The van der Waals surface area contributed by atoms with Gasteiger partial charge in [-0.15, -0.1) is 4.58 Å². The van der Waals surface area contributed by atoms with Crippen LogP contribution in [-0.2, 0) is 9.47 Å². The summed E-state index contributed by atoms with van der Waals surface area (Å²) in [4.78, 5) is 31.8. The standard InChI is InChI=1S/C29H38N4O4.C2H6/c1-19-16-25(20(2)15-23(19)27(34)36-6)31-26(24-10-9-22(17-30-24)21-7-8-21)18-32-11-13-33(14-12-32)28(35)37-29(3,4)5;1-2/h9-10,13,15-17,21,26H,7-8,11-12,14,18H2,1-6H3;1-2H3/p+1. The van der Waals surface area contributed by atoms with E-state index in [0.717, 1.165) is 29.1 Å². The second-order valence-corrected chi connectivity index (χ2v) is 11.1. The number of carbonyl (C=O) groups excluding carboxylic acids is 2. The van der Waals surface area contributed by atoms with Crippen LogP contribution in [0.15, 0.2) is 30.5 Å². The summed E-state index contributed by atoms with van der Waals surface area (Å²) in [5.41, 5.74) is 5.10. The molecule has 0 saturated heterocycles. The van der Waals surface area contributed by atoms with E-state index in [4.69, 9.17) is 14.5 Å². The van der Waals surface area contributed by atoms with E-state index in [1.165, 1.54) is 25.5 Å². The van der Waals surface area contributed by atoms with E-state index < -0.39 is 5.60 Å². The van der Waals surface area contributed by atoms with Crippen LogP contribution in [0, 0.1) is 13.8 Å². The fourth-order valence-electron chi connectivity index (χ4n) is 4.54. The largest absolute Gasteiger partial charge is 0.596 e. The predicted octanol–water partition coefficient (Wildman–Crippen LogP) is 5.88. The molecule has 1 aromatic carbocycles. The Bertz CT molecular complexity index is 1180. The summed E-state index contributed by atoms with van der Waals surface area (Å²) in [6.07, 6.45) is 6.08. The molecule has 1 unspecified atom stereocenters. The molecule has 1 fully saturated rings. The van der Waals surface area contributed by atoms with Crippen molar-refractivity contribution in [3.05, 3.63) is 58.4 Å². The first-order chi connectivity index (χ1) is 18.5. The Morgan fingerprint density at radius 3 is 2.41 bits per heavy atom. The van der Waals surface area contributed by atoms with Gasteiger partial charge in [0.05, 0.1) is 37.5 Å². The highest BCUT2D eigenvalue weighted by molar-refractivity contribution is 5.92. The van der Waals surface area contributed by atoms with Crippen LogP contribution in [-0.4, -0.2) is 71.6 Å². The second kappa shape index (κ2) is 13.2. The van der Waals surface area contributed by atoms with Crippen molar-refractivity contribution in [1.29, 1.82) is 0 Å². The Hall–Kier alpha value is -3.26.